The average Bonchev–Trinajstić information content (AvgIpc) is 3.29. The van der Waals surface area contributed by atoms with E-state index in [-0.39, 0.29) is 12.1 Å². The van der Waals surface area contributed by atoms with E-state index in [1.54, 1.807) is 22.7 Å². The molecule has 1 aromatic carbocycles. The fraction of sp³-hybridized carbons (Fsp3) is 0.167. The van der Waals surface area contributed by atoms with Gasteiger partial charge in [-0.2, -0.15) is 11.3 Å². The lowest BCUT2D eigenvalue weighted by molar-refractivity contribution is 0.250. The second kappa shape index (κ2) is 7.99. The van der Waals surface area contributed by atoms with Crippen LogP contribution in [-0.4, -0.2) is 12.6 Å². The van der Waals surface area contributed by atoms with E-state index in [1.165, 1.54) is 0 Å². The van der Waals surface area contributed by atoms with E-state index in [9.17, 15) is 4.79 Å². The first-order chi connectivity index (χ1) is 11.8. The monoisotopic (exact) mass is 358 g/mol. The number of urea groups is 1. The van der Waals surface area contributed by atoms with Gasteiger partial charge in [-0.1, -0.05) is 6.07 Å². The molecule has 3 aromatic rings. The van der Waals surface area contributed by atoms with Gasteiger partial charge in [0.15, 0.2) is 0 Å². The maximum absolute atomic E-state index is 12.4. The van der Waals surface area contributed by atoms with Crippen LogP contribution >= 0.6 is 22.7 Å². The molecule has 4 nitrogen and oxygen atoms in total. The third-order valence-corrected chi connectivity index (χ3v) is 5.04. The molecular formula is C18H18N2O2S2. The van der Waals surface area contributed by atoms with Gasteiger partial charge < -0.3 is 15.4 Å². The molecule has 0 radical (unpaired) electrons. The number of rotatable bonds is 6. The number of carbonyl (C=O) groups excluding carboxylic acids is 1. The normalized spacial score (nSPS) is 11.7. The van der Waals surface area contributed by atoms with Gasteiger partial charge in [0.2, 0.25) is 0 Å². The minimum atomic E-state index is -0.233. The van der Waals surface area contributed by atoms with Gasteiger partial charge in [-0.15, -0.1) is 11.3 Å². The van der Waals surface area contributed by atoms with E-state index in [0.717, 1.165) is 21.9 Å². The Morgan fingerprint density at radius 2 is 2.00 bits per heavy atom. The van der Waals surface area contributed by atoms with Crippen molar-refractivity contribution in [2.24, 2.45) is 0 Å². The number of amides is 2. The van der Waals surface area contributed by atoms with E-state index in [0.29, 0.717) is 6.61 Å². The summed E-state index contributed by atoms with van der Waals surface area (Å²) in [6, 6.07) is 13.0. The van der Waals surface area contributed by atoms with Crippen LogP contribution in [-0.2, 0) is 0 Å². The molecule has 24 heavy (non-hydrogen) atoms. The summed E-state index contributed by atoms with van der Waals surface area (Å²) in [5, 5.41) is 12.0. The number of ether oxygens (including phenoxy) is 1. The van der Waals surface area contributed by atoms with Gasteiger partial charge in [0.25, 0.3) is 0 Å². The first-order valence-corrected chi connectivity index (χ1v) is 9.44. The summed E-state index contributed by atoms with van der Waals surface area (Å²) in [4.78, 5) is 13.5. The zero-order valence-corrected chi connectivity index (χ0v) is 14.8. The standard InChI is InChI=1S/C18H18N2O2S2/c1-2-22-15-7-5-14(6-8-15)19-18(21)20-17(13-9-11-23-12-13)16-4-3-10-24-16/h3-12,17H,2H2,1H3,(H2,19,20,21)/t17-/m1/s1. The van der Waals surface area contributed by atoms with Crippen molar-refractivity contribution in [3.05, 3.63) is 69.0 Å². The second-order valence-electron chi connectivity index (χ2n) is 5.06. The van der Waals surface area contributed by atoms with Crippen LogP contribution in [0.15, 0.2) is 58.6 Å². The predicted molar refractivity (Wildman–Crippen MR) is 100 cm³/mol. The number of thiophene rings is 2. The molecule has 0 bridgehead atoms. The number of hydrogen-bond donors (Lipinski definition) is 2. The highest BCUT2D eigenvalue weighted by Gasteiger charge is 2.18. The zero-order chi connectivity index (χ0) is 16.8. The van der Waals surface area contributed by atoms with Crippen LogP contribution in [0.25, 0.3) is 0 Å². The van der Waals surface area contributed by atoms with Crippen molar-refractivity contribution in [1.82, 2.24) is 5.32 Å². The Morgan fingerprint density at radius 1 is 1.17 bits per heavy atom. The minimum absolute atomic E-state index is 0.140. The van der Waals surface area contributed by atoms with E-state index in [2.05, 4.69) is 16.0 Å². The van der Waals surface area contributed by atoms with Gasteiger partial charge in [0, 0.05) is 10.6 Å². The van der Waals surface area contributed by atoms with Crippen molar-refractivity contribution in [3.63, 3.8) is 0 Å². The van der Waals surface area contributed by atoms with Crippen LogP contribution in [0.2, 0.25) is 0 Å². The summed E-state index contributed by atoms with van der Waals surface area (Å²) >= 11 is 3.25. The molecule has 2 amide bonds. The lowest BCUT2D eigenvalue weighted by atomic mass is 10.1. The van der Waals surface area contributed by atoms with Gasteiger partial charge in [-0.3, -0.25) is 0 Å². The molecule has 1 atom stereocenters. The molecule has 2 heterocycles. The molecule has 0 saturated carbocycles. The highest BCUT2D eigenvalue weighted by atomic mass is 32.1. The zero-order valence-electron chi connectivity index (χ0n) is 13.2. The smallest absolute Gasteiger partial charge is 0.320 e. The van der Waals surface area contributed by atoms with Crippen molar-refractivity contribution in [2.75, 3.05) is 11.9 Å². The summed E-state index contributed by atoms with van der Waals surface area (Å²) in [5.41, 5.74) is 1.82. The first kappa shape index (κ1) is 16.5. The number of carbonyl (C=O) groups is 1. The topological polar surface area (TPSA) is 50.4 Å². The largest absolute Gasteiger partial charge is 0.494 e. The Bertz CT molecular complexity index is 719. The Balaban J connectivity index is 1.67. The van der Waals surface area contributed by atoms with Crippen LogP contribution < -0.4 is 15.4 Å². The molecule has 2 aromatic heterocycles. The summed E-state index contributed by atoms with van der Waals surface area (Å²) in [7, 11) is 0. The summed E-state index contributed by atoms with van der Waals surface area (Å²) in [6.07, 6.45) is 0. The molecule has 0 aliphatic heterocycles. The molecule has 0 aliphatic carbocycles. The molecular weight excluding hydrogens is 340 g/mol. The van der Waals surface area contributed by atoms with E-state index in [1.807, 2.05) is 60.1 Å². The molecule has 124 valence electrons. The molecule has 0 fully saturated rings. The first-order valence-electron chi connectivity index (χ1n) is 7.62. The van der Waals surface area contributed by atoms with Crippen LogP contribution in [0.1, 0.15) is 23.4 Å². The second-order valence-corrected chi connectivity index (χ2v) is 6.82. The summed E-state index contributed by atoms with van der Waals surface area (Å²) < 4.78 is 5.40. The SMILES string of the molecule is CCOc1ccc(NC(=O)N[C@H](c2ccsc2)c2cccs2)cc1. The molecule has 2 N–H and O–H groups in total. The summed E-state index contributed by atoms with van der Waals surface area (Å²) in [6.45, 7) is 2.56. The quantitative estimate of drug-likeness (QED) is 0.642. The Kier molecular flexibility index (Phi) is 5.51. The Hall–Kier alpha value is -2.31. The average molecular weight is 358 g/mol. The number of nitrogens with one attached hydrogen (secondary N) is 2. The van der Waals surface area contributed by atoms with Gasteiger partial charge >= 0.3 is 6.03 Å². The van der Waals surface area contributed by atoms with Crippen LogP contribution in [0.5, 0.6) is 5.75 Å². The Morgan fingerprint density at radius 3 is 2.62 bits per heavy atom. The third kappa shape index (κ3) is 4.15. The number of anilines is 1. The van der Waals surface area contributed by atoms with Crippen molar-refractivity contribution in [1.29, 1.82) is 0 Å². The third-order valence-electron chi connectivity index (χ3n) is 3.40. The molecule has 0 aliphatic rings. The lowest BCUT2D eigenvalue weighted by Crippen LogP contribution is -2.32. The maximum Gasteiger partial charge on any atom is 0.320 e. The van der Waals surface area contributed by atoms with Crippen molar-refractivity contribution in [3.8, 4) is 5.75 Å². The van der Waals surface area contributed by atoms with E-state index in [4.69, 9.17) is 4.74 Å². The Labute approximate surface area is 149 Å². The number of hydrogen-bond acceptors (Lipinski definition) is 4. The maximum atomic E-state index is 12.4. The summed E-state index contributed by atoms with van der Waals surface area (Å²) in [5.74, 6) is 0.790. The van der Waals surface area contributed by atoms with Crippen LogP contribution in [0, 0.1) is 0 Å². The lowest BCUT2D eigenvalue weighted by Gasteiger charge is -2.17. The molecule has 0 saturated heterocycles. The van der Waals surface area contributed by atoms with Crippen molar-refractivity contribution >= 4 is 34.4 Å². The molecule has 0 unspecified atom stereocenters. The van der Waals surface area contributed by atoms with E-state index >= 15 is 0 Å². The fourth-order valence-electron chi connectivity index (χ4n) is 2.31. The van der Waals surface area contributed by atoms with E-state index < -0.39 is 0 Å². The van der Waals surface area contributed by atoms with Crippen molar-refractivity contribution in [2.45, 2.75) is 13.0 Å². The van der Waals surface area contributed by atoms with Gasteiger partial charge in [0.05, 0.1) is 12.6 Å². The predicted octanol–water partition coefficient (Wildman–Crippen LogP) is 5.12. The van der Waals surface area contributed by atoms with Crippen molar-refractivity contribution < 1.29 is 9.53 Å². The number of benzene rings is 1. The highest BCUT2D eigenvalue weighted by Crippen LogP contribution is 2.27. The highest BCUT2D eigenvalue weighted by molar-refractivity contribution is 7.10. The molecule has 6 heteroatoms. The molecule has 0 spiro atoms. The van der Waals surface area contributed by atoms with Gasteiger partial charge in [0.1, 0.15) is 5.75 Å². The fourth-order valence-corrected chi connectivity index (χ4v) is 3.80. The van der Waals surface area contributed by atoms with Gasteiger partial charge in [-0.05, 0) is 65.0 Å². The minimum Gasteiger partial charge on any atom is -0.494 e. The van der Waals surface area contributed by atoms with Gasteiger partial charge in [-0.25, -0.2) is 4.79 Å². The van der Waals surface area contributed by atoms with Crippen LogP contribution in [0.4, 0.5) is 10.5 Å². The van der Waals surface area contributed by atoms with Crippen LogP contribution in [0.3, 0.4) is 0 Å². The molecule has 3 rings (SSSR count).